The highest BCUT2D eigenvalue weighted by Crippen LogP contribution is 2.25. The van der Waals surface area contributed by atoms with E-state index in [1.54, 1.807) is 18.9 Å². The zero-order chi connectivity index (χ0) is 18.5. The number of methoxy groups -OCH3 is 1. The molecule has 0 aliphatic heterocycles. The number of carbonyl (C=O) groups excluding carboxylic acids is 1. The van der Waals surface area contributed by atoms with Crippen LogP contribution in [0.4, 0.5) is 0 Å². The minimum absolute atomic E-state index is 0.0983. The third-order valence-corrected chi connectivity index (χ3v) is 5.00. The number of nitrogens with zero attached hydrogens (tertiary/aromatic N) is 1. The lowest BCUT2D eigenvalue weighted by Crippen LogP contribution is -2.08. The fourth-order valence-corrected chi connectivity index (χ4v) is 3.15. The van der Waals surface area contributed by atoms with Crippen LogP contribution in [0.1, 0.15) is 11.1 Å². The normalized spacial score (nSPS) is 10.7. The maximum atomic E-state index is 12.1. The second kappa shape index (κ2) is 8.43. The standard InChI is InChI=1S/C20H18ClNO3S/c1-24-16-6-3-13(4-7-16)9-19(23)25-12-15-10-14-5-8-17(26-2)11-18(14)22-20(15)21/h3-8,10-11H,9,12H2,1-2H3. The molecule has 0 unspecified atom stereocenters. The molecule has 1 heterocycles. The van der Waals surface area contributed by atoms with Crippen LogP contribution in [0.15, 0.2) is 53.4 Å². The number of thioether (sulfide) groups is 1. The van der Waals surface area contributed by atoms with E-state index < -0.39 is 0 Å². The van der Waals surface area contributed by atoms with Gasteiger partial charge >= 0.3 is 5.97 Å². The summed E-state index contributed by atoms with van der Waals surface area (Å²) in [6.07, 6.45) is 2.21. The molecule has 0 bridgehead atoms. The molecule has 2 aromatic carbocycles. The van der Waals surface area contributed by atoms with Crippen LogP contribution in [-0.2, 0) is 22.6 Å². The summed E-state index contributed by atoms with van der Waals surface area (Å²) in [4.78, 5) is 17.6. The Morgan fingerprint density at radius 3 is 2.62 bits per heavy atom. The van der Waals surface area contributed by atoms with Gasteiger partial charge in [-0.3, -0.25) is 4.79 Å². The molecule has 3 rings (SSSR count). The van der Waals surface area contributed by atoms with Gasteiger partial charge in [-0.05, 0) is 42.2 Å². The van der Waals surface area contributed by atoms with Gasteiger partial charge in [-0.15, -0.1) is 11.8 Å². The maximum absolute atomic E-state index is 12.1. The van der Waals surface area contributed by atoms with E-state index in [1.165, 1.54) is 0 Å². The summed E-state index contributed by atoms with van der Waals surface area (Å²) in [5.41, 5.74) is 2.39. The van der Waals surface area contributed by atoms with Gasteiger partial charge in [0.1, 0.15) is 17.5 Å². The second-order valence-corrected chi connectivity index (χ2v) is 6.92. The van der Waals surface area contributed by atoms with Crippen molar-refractivity contribution in [3.8, 4) is 5.75 Å². The maximum Gasteiger partial charge on any atom is 0.310 e. The van der Waals surface area contributed by atoms with Crippen LogP contribution >= 0.6 is 23.4 Å². The average molecular weight is 388 g/mol. The molecule has 0 radical (unpaired) electrons. The predicted molar refractivity (Wildman–Crippen MR) is 105 cm³/mol. The molecular formula is C20H18ClNO3S. The van der Waals surface area contributed by atoms with E-state index in [0.717, 1.165) is 27.1 Å². The Morgan fingerprint density at radius 2 is 1.92 bits per heavy atom. The molecule has 4 nitrogen and oxygen atoms in total. The third kappa shape index (κ3) is 4.48. The summed E-state index contributed by atoms with van der Waals surface area (Å²) in [6.45, 7) is 0.0983. The second-order valence-electron chi connectivity index (χ2n) is 5.68. The Labute approximate surface area is 161 Å². The molecule has 6 heteroatoms. The van der Waals surface area contributed by atoms with Crippen LogP contribution in [0.3, 0.4) is 0 Å². The van der Waals surface area contributed by atoms with Crippen LogP contribution < -0.4 is 4.74 Å². The zero-order valence-corrected chi connectivity index (χ0v) is 16.1. The SMILES string of the molecule is COc1ccc(CC(=O)OCc2cc3ccc(SC)cc3nc2Cl)cc1. The van der Waals surface area contributed by atoms with E-state index in [9.17, 15) is 4.79 Å². The number of aromatic nitrogens is 1. The number of ether oxygens (including phenoxy) is 2. The van der Waals surface area contributed by atoms with Gasteiger partial charge in [-0.25, -0.2) is 4.98 Å². The van der Waals surface area contributed by atoms with Gasteiger partial charge in [0.25, 0.3) is 0 Å². The number of rotatable bonds is 6. The van der Waals surface area contributed by atoms with Crippen molar-refractivity contribution in [1.82, 2.24) is 4.98 Å². The van der Waals surface area contributed by atoms with Crippen LogP contribution in [0.2, 0.25) is 5.15 Å². The minimum atomic E-state index is -0.316. The number of hydrogen-bond acceptors (Lipinski definition) is 5. The number of pyridine rings is 1. The summed E-state index contributed by atoms with van der Waals surface area (Å²) < 4.78 is 10.5. The topological polar surface area (TPSA) is 48.4 Å². The van der Waals surface area contributed by atoms with E-state index in [0.29, 0.717) is 10.7 Å². The van der Waals surface area contributed by atoms with Crippen LogP contribution in [0, 0.1) is 0 Å². The van der Waals surface area contributed by atoms with E-state index in [1.807, 2.05) is 54.8 Å². The van der Waals surface area contributed by atoms with Crippen LogP contribution in [0.5, 0.6) is 5.75 Å². The number of esters is 1. The first-order valence-corrected chi connectivity index (χ1v) is 9.61. The van der Waals surface area contributed by atoms with Gasteiger partial charge in [-0.2, -0.15) is 0 Å². The molecule has 0 saturated heterocycles. The molecule has 0 N–H and O–H groups in total. The van der Waals surface area contributed by atoms with Crippen molar-refractivity contribution in [3.63, 3.8) is 0 Å². The summed E-state index contributed by atoms with van der Waals surface area (Å²) in [5.74, 6) is 0.435. The number of carbonyl (C=O) groups is 1. The summed E-state index contributed by atoms with van der Waals surface area (Å²) in [5, 5.41) is 1.32. The van der Waals surface area contributed by atoms with E-state index in [4.69, 9.17) is 21.1 Å². The van der Waals surface area contributed by atoms with E-state index >= 15 is 0 Å². The Balaban J connectivity index is 1.66. The Hall–Kier alpha value is -2.24. The first-order chi connectivity index (χ1) is 12.6. The van der Waals surface area contributed by atoms with Gasteiger partial charge in [-0.1, -0.05) is 29.8 Å². The van der Waals surface area contributed by atoms with Crippen LogP contribution in [-0.4, -0.2) is 24.3 Å². The van der Waals surface area contributed by atoms with Crippen molar-refractivity contribution < 1.29 is 14.3 Å². The Morgan fingerprint density at radius 1 is 1.15 bits per heavy atom. The summed E-state index contributed by atoms with van der Waals surface area (Å²) in [6, 6.07) is 15.2. The first kappa shape index (κ1) is 18.5. The Bertz CT molecular complexity index is 928. The fraction of sp³-hybridized carbons (Fsp3) is 0.200. The van der Waals surface area contributed by atoms with Gasteiger partial charge in [0.2, 0.25) is 0 Å². The molecule has 0 saturated carbocycles. The first-order valence-electron chi connectivity index (χ1n) is 8.01. The van der Waals surface area contributed by atoms with Crippen molar-refractivity contribution in [3.05, 3.63) is 64.8 Å². The molecule has 1 aromatic heterocycles. The highest BCUT2D eigenvalue weighted by atomic mass is 35.5. The highest BCUT2D eigenvalue weighted by molar-refractivity contribution is 7.98. The summed E-state index contributed by atoms with van der Waals surface area (Å²) >= 11 is 7.90. The smallest absolute Gasteiger partial charge is 0.310 e. The average Bonchev–Trinajstić information content (AvgIpc) is 2.66. The number of halogens is 1. The number of hydrogen-bond donors (Lipinski definition) is 0. The largest absolute Gasteiger partial charge is 0.497 e. The van der Waals surface area contributed by atoms with E-state index in [-0.39, 0.29) is 19.0 Å². The fourth-order valence-electron chi connectivity index (χ4n) is 2.51. The molecule has 0 atom stereocenters. The quantitative estimate of drug-likeness (QED) is 0.342. The minimum Gasteiger partial charge on any atom is -0.497 e. The lowest BCUT2D eigenvalue weighted by molar-refractivity contribution is -0.144. The van der Waals surface area contributed by atoms with Crippen molar-refractivity contribution in [2.24, 2.45) is 0 Å². The highest BCUT2D eigenvalue weighted by Gasteiger charge is 2.10. The molecular weight excluding hydrogens is 370 g/mol. The van der Waals surface area contributed by atoms with Crippen LogP contribution in [0.25, 0.3) is 10.9 Å². The molecule has 0 fully saturated rings. The third-order valence-electron chi connectivity index (χ3n) is 3.95. The molecule has 26 heavy (non-hydrogen) atoms. The monoisotopic (exact) mass is 387 g/mol. The zero-order valence-electron chi connectivity index (χ0n) is 14.5. The number of benzene rings is 2. The molecule has 134 valence electrons. The molecule has 0 amide bonds. The van der Waals surface area contributed by atoms with Gasteiger partial charge in [0.05, 0.1) is 19.0 Å². The summed E-state index contributed by atoms with van der Waals surface area (Å²) in [7, 11) is 1.60. The molecule has 0 aliphatic carbocycles. The predicted octanol–water partition coefficient (Wildman–Crippen LogP) is 4.90. The number of fused-ring (bicyclic) bond motifs is 1. The Kier molecular flexibility index (Phi) is 6.01. The van der Waals surface area contributed by atoms with Gasteiger partial charge in [0.15, 0.2) is 0 Å². The lowest BCUT2D eigenvalue weighted by Gasteiger charge is -2.09. The van der Waals surface area contributed by atoms with Gasteiger partial charge in [0, 0.05) is 15.8 Å². The van der Waals surface area contributed by atoms with E-state index in [2.05, 4.69) is 4.98 Å². The molecule has 0 aliphatic rings. The van der Waals surface area contributed by atoms with Crippen molar-refractivity contribution in [2.45, 2.75) is 17.9 Å². The van der Waals surface area contributed by atoms with Crippen molar-refractivity contribution in [1.29, 1.82) is 0 Å². The lowest BCUT2D eigenvalue weighted by atomic mass is 10.1. The van der Waals surface area contributed by atoms with Crippen molar-refractivity contribution in [2.75, 3.05) is 13.4 Å². The molecule has 0 spiro atoms. The van der Waals surface area contributed by atoms with Crippen molar-refractivity contribution >= 4 is 40.2 Å². The molecule has 3 aromatic rings. The van der Waals surface area contributed by atoms with Gasteiger partial charge < -0.3 is 9.47 Å².